The number of halogens is 1. The van der Waals surface area contributed by atoms with Crippen LogP contribution in [0.5, 0.6) is 0 Å². The molecule has 0 saturated carbocycles. The van der Waals surface area contributed by atoms with Crippen LogP contribution in [0.1, 0.15) is 20.8 Å². The van der Waals surface area contributed by atoms with Gasteiger partial charge in [0.25, 0.3) is 0 Å². The van der Waals surface area contributed by atoms with Crippen LogP contribution >= 0.6 is 0 Å². The van der Waals surface area contributed by atoms with Gasteiger partial charge in [-0.3, -0.25) is 9.59 Å². The molecule has 0 fully saturated rings. The number of ketones is 1. The highest BCUT2D eigenvalue weighted by molar-refractivity contribution is 5.87. The number of rotatable bonds is 6. The van der Waals surface area contributed by atoms with Gasteiger partial charge in [-0.15, -0.1) is 5.10 Å². The van der Waals surface area contributed by atoms with E-state index < -0.39 is 23.5 Å². The Hall–Kier alpha value is -2.77. The second-order valence-corrected chi connectivity index (χ2v) is 5.74. The highest BCUT2D eigenvalue weighted by Crippen LogP contribution is 2.15. The van der Waals surface area contributed by atoms with E-state index in [9.17, 15) is 18.8 Å². The summed E-state index contributed by atoms with van der Waals surface area (Å²) in [6, 6.07) is 4.62. The molecule has 0 radical (unpaired) electrons. The summed E-state index contributed by atoms with van der Waals surface area (Å²) in [7, 11) is 0. The summed E-state index contributed by atoms with van der Waals surface area (Å²) >= 11 is 0. The van der Waals surface area contributed by atoms with Gasteiger partial charge in [0.2, 0.25) is 11.8 Å². The number of benzene rings is 1. The molecule has 1 aromatic heterocycles. The third-order valence-corrected chi connectivity index (χ3v) is 3.41. The number of Topliss-reactive ketones (excluding diaryl/α,β-unsaturated/α-hetero) is 1. The largest absolute Gasteiger partial charge is 0.437 e. The minimum absolute atomic E-state index is 0.0141. The second-order valence-electron chi connectivity index (χ2n) is 5.74. The third-order valence-electron chi connectivity index (χ3n) is 3.41. The Morgan fingerprint density at radius 2 is 1.92 bits per heavy atom. The molecule has 0 bridgehead atoms. The van der Waals surface area contributed by atoms with E-state index in [1.807, 2.05) is 0 Å². The van der Waals surface area contributed by atoms with Crippen LogP contribution in [-0.2, 0) is 16.1 Å². The molecular weight excluding hydrogens is 317 g/mol. The van der Waals surface area contributed by atoms with Crippen molar-refractivity contribution < 1.29 is 18.4 Å². The van der Waals surface area contributed by atoms with Gasteiger partial charge < -0.3 is 9.73 Å². The van der Waals surface area contributed by atoms with E-state index >= 15 is 0 Å². The third kappa shape index (κ3) is 4.15. The van der Waals surface area contributed by atoms with Crippen molar-refractivity contribution in [1.82, 2.24) is 15.1 Å². The number of amides is 1. The number of hydrogen-bond acceptors (Lipinski definition) is 5. The van der Waals surface area contributed by atoms with Crippen LogP contribution in [0.15, 0.2) is 33.5 Å². The van der Waals surface area contributed by atoms with Crippen molar-refractivity contribution in [3.8, 4) is 11.5 Å². The zero-order chi connectivity index (χ0) is 17.9. The van der Waals surface area contributed by atoms with E-state index in [0.717, 1.165) is 4.68 Å². The second kappa shape index (κ2) is 7.20. The summed E-state index contributed by atoms with van der Waals surface area (Å²) in [5.74, 6) is -2.02. The Labute approximate surface area is 137 Å². The lowest BCUT2D eigenvalue weighted by Gasteiger charge is -2.19. The van der Waals surface area contributed by atoms with Crippen molar-refractivity contribution >= 4 is 11.7 Å². The van der Waals surface area contributed by atoms with Crippen LogP contribution in [0, 0.1) is 11.7 Å². The normalized spacial score (nSPS) is 12.2. The van der Waals surface area contributed by atoms with E-state index in [1.54, 1.807) is 13.8 Å². The van der Waals surface area contributed by atoms with E-state index in [0.29, 0.717) is 5.56 Å². The van der Waals surface area contributed by atoms with Gasteiger partial charge in [-0.05, 0) is 37.1 Å². The predicted molar refractivity (Wildman–Crippen MR) is 83.6 cm³/mol. The van der Waals surface area contributed by atoms with Gasteiger partial charge in [-0.25, -0.2) is 9.18 Å². The van der Waals surface area contributed by atoms with Gasteiger partial charge >= 0.3 is 5.76 Å². The Morgan fingerprint density at radius 3 is 2.46 bits per heavy atom. The maximum Gasteiger partial charge on any atom is 0.437 e. The minimum atomic E-state index is -0.812. The first kappa shape index (κ1) is 17.6. The molecule has 2 rings (SSSR count). The van der Waals surface area contributed by atoms with E-state index in [2.05, 4.69) is 10.4 Å². The number of hydrogen-bond donors (Lipinski definition) is 1. The van der Waals surface area contributed by atoms with Crippen molar-refractivity contribution in [3.05, 3.63) is 40.6 Å². The fraction of sp³-hybridized carbons (Fsp3) is 0.375. The Morgan fingerprint density at radius 1 is 1.29 bits per heavy atom. The molecule has 0 aliphatic rings. The maximum atomic E-state index is 12.9. The SMILES string of the molecule is CC(=O)C(NC(=O)Cn1nc(-c2ccc(F)cc2)oc1=O)C(C)C. The van der Waals surface area contributed by atoms with Gasteiger partial charge in [0.1, 0.15) is 12.4 Å². The molecule has 1 amide bonds. The maximum absolute atomic E-state index is 12.9. The molecule has 2 aromatic rings. The molecule has 8 heteroatoms. The molecule has 0 aliphatic heterocycles. The fourth-order valence-electron chi connectivity index (χ4n) is 2.21. The Kier molecular flexibility index (Phi) is 5.28. The molecule has 1 aromatic carbocycles. The van der Waals surface area contributed by atoms with Crippen molar-refractivity contribution in [2.24, 2.45) is 5.92 Å². The zero-order valence-electron chi connectivity index (χ0n) is 13.6. The summed E-state index contributed by atoms with van der Waals surface area (Å²) < 4.78 is 18.7. The topological polar surface area (TPSA) is 94.2 Å². The van der Waals surface area contributed by atoms with Crippen LogP contribution in [-0.4, -0.2) is 27.5 Å². The molecule has 1 heterocycles. The molecule has 1 atom stereocenters. The van der Waals surface area contributed by atoms with E-state index in [-0.39, 0.29) is 24.1 Å². The molecule has 128 valence electrons. The predicted octanol–water partition coefficient (Wildman–Crippen LogP) is 1.37. The molecule has 0 aliphatic carbocycles. The lowest BCUT2D eigenvalue weighted by molar-refractivity contribution is -0.128. The van der Waals surface area contributed by atoms with Crippen molar-refractivity contribution in [2.45, 2.75) is 33.4 Å². The molecule has 7 nitrogen and oxygen atoms in total. The summed E-state index contributed by atoms with van der Waals surface area (Å²) in [6.07, 6.45) is 0. The first-order valence-electron chi connectivity index (χ1n) is 7.41. The van der Waals surface area contributed by atoms with E-state index in [4.69, 9.17) is 4.42 Å². The summed E-state index contributed by atoms with van der Waals surface area (Å²) in [6.45, 7) is 4.63. The van der Waals surface area contributed by atoms with Gasteiger partial charge in [0.05, 0.1) is 6.04 Å². The van der Waals surface area contributed by atoms with Gasteiger partial charge in [0.15, 0.2) is 5.78 Å². The minimum Gasteiger partial charge on any atom is -0.388 e. The Balaban J connectivity index is 2.13. The highest BCUT2D eigenvalue weighted by Gasteiger charge is 2.21. The van der Waals surface area contributed by atoms with Crippen molar-refractivity contribution in [3.63, 3.8) is 0 Å². The van der Waals surface area contributed by atoms with Crippen molar-refractivity contribution in [2.75, 3.05) is 0 Å². The quantitative estimate of drug-likeness (QED) is 0.860. The van der Waals surface area contributed by atoms with Gasteiger partial charge in [0, 0.05) is 5.56 Å². The molecule has 24 heavy (non-hydrogen) atoms. The molecule has 1 unspecified atom stereocenters. The fourth-order valence-corrected chi connectivity index (χ4v) is 2.21. The smallest absolute Gasteiger partial charge is 0.388 e. The van der Waals surface area contributed by atoms with Crippen LogP contribution < -0.4 is 11.1 Å². The molecule has 0 saturated heterocycles. The standard InChI is InChI=1S/C16H18FN3O4/c1-9(2)14(10(3)21)18-13(22)8-20-16(23)24-15(19-20)11-4-6-12(17)7-5-11/h4-7,9,14H,8H2,1-3H3,(H,18,22). The summed E-state index contributed by atoms with van der Waals surface area (Å²) in [5.41, 5.74) is 0.413. The average molecular weight is 335 g/mol. The van der Waals surface area contributed by atoms with E-state index in [1.165, 1.54) is 31.2 Å². The number of carbonyl (C=O) groups excluding carboxylic acids is 2. The summed E-state index contributed by atoms with van der Waals surface area (Å²) in [4.78, 5) is 35.3. The lowest BCUT2D eigenvalue weighted by Crippen LogP contribution is -2.45. The first-order valence-corrected chi connectivity index (χ1v) is 7.41. The molecule has 0 spiro atoms. The molecular formula is C16H18FN3O4. The molecule has 1 N–H and O–H groups in total. The van der Waals surface area contributed by atoms with Crippen LogP contribution in [0.2, 0.25) is 0 Å². The number of nitrogens with zero attached hydrogens (tertiary/aromatic N) is 2. The van der Waals surface area contributed by atoms with Gasteiger partial charge in [-0.2, -0.15) is 4.68 Å². The average Bonchev–Trinajstić information content (AvgIpc) is 2.86. The van der Waals surface area contributed by atoms with Crippen LogP contribution in [0.4, 0.5) is 4.39 Å². The lowest BCUT2D eigenvalue weighted by atomic mass is 10.0. The first-order chi connectivity index (χ1) is 11.3. The summed E-state index contributed by atoms with van der Waals surface area (Å²) in [5, 5.41) is 6.48. The number of aromatic nitrogens is 2. The van der Waals surface area contributed by atoms with Gasteiger partial charge in [-0.1, -0.05) is 13.8 Å². The Bertz CT molecular complexity index is 792. The van der Waals surface area contributed by atoms with Crippen LogP contribution in [0.3, 0.4) is 0 Å². The zero-order valence-corrected chi connectivity index (χ0v) is 13.6. The van der Waals surface area contributed by atoms with Crippen LogP contribution in [0.25, 0.3) is 11.5 Å². The number of nitrogens with one attached hydrogen (secondary N) is 1. The highest BCUT2D eigenvalue weighted by atomic mass is 19.1. The number of carbonyl (C=O) groups is 2. The monoisotopic (exact) mass is 335 g/mol. The van der Waals surface area contributed by atoms with Crippen molar-refractivity contribution in [1.29, 1.82) is 0 Å².